The van der Waals surface area contributed by atoms with E-state index < -0.39 is 17.6 Å². The molecular formula is C27H28F3N7O2. The topological polar surface area (TPSA) is 94.7 Å². The third-order valence-corrected chi connectivity index (χ3v) is 6.54. The maximum atomic E-state index is 13.6. The van der Waals surface area contributed by atoms with Gasteiger partial charge in [-0.1, -0.05) is 6.07 Å². The number of carbonyl (C=O) groups is 1. The number of aryl methyl sites for hydroxylation is 1. The summed E-state index contributed by atoms with van der Waals surface area (Å²) in [4.78, 5) is 23.3. The third kappa shape index (κ3) is 6.47. The largest absolute Gasteiger partial charge is 0.492 e. The first-order chi connectivity index (χ1) is 18.8. The van der Waals surface area contributed by atoms with Crippen LogP contribution < -0.4 is 26.0 Å². The van der Waals surface area contributed by atoms with Crippen molar-refractivity contribution < 1.29 is 22.7 Å². The van der Waals surface area contributed by atoms with Crippen molar-refractivity contribution in [1.82, 2.24) is 25.8 Å². The van der Waals surface area contributed by atoms with Crippen LogP contribution in [0.25, 0.3) is 5.70 Å². The Morgan fingerprint density at radius 2 is 1.87 bits per heavy atom. The number of hydrogen-bond donors (Lipinski definition) is 3. The van der Waals surface area contributed by atoms with E-state index >= 15 is 0 Å². The Labute approximate surface area is 223 Å². The number of amides is 1. The molecule has 9 nitrogen and oxygen atoms in total. The van der Waals surface area contributed by atoms with Crippen molar-refractivity contribution in [3.8, 4) is 5.75 Å². The molecule has 2 aliphatic rings. The summed E-state index contributed by atoms with van der Waals surface area (Å²) in [5, 5.41) is 4.30. The summed E-state index contributed by atoms with van der Waals surface area (Å²) in [5.74, 6) is -0.495. The Morgan fingerprint density at radius 1 is 1.10 bits per heavy atom. The lowest BCUT2D eigenvalue weighted by Crippen LogP contribution is -2.36. The number of benzene rings is 2. The van der Waals surface area contributed by atoms with E-state index in [-0.39, 0.29) is 23.6 Å². The van der Waals surface area contributed by atoms with E-state index in [2.05, 4.69) is 31.1 Å². The predicted octanol–water partition coefficient (Wildman–Crippen LogP) is 4.36. The number of halogens is 3. The Kier molecular flexibility index (Phi) is 7.66. The van der Waals surface area contributed by atoms with Gasteiger partial charge in [0.15, 0.2) is 0 Å². The molecule has 0 unspecified atom stereocenters. The number of hydrogen-bond acceptors (Lipinski definition) is 8. The first-order valence-corrected chi connectivity index (χ1v) is 12.5. The average Bonchev–Trinajstić information content (AvgIpc) is 3.62. The van der Waals surface area contributed by atoms with Crippen molar-refractivity contribution in [3.05, 3.63) is 83.6 Å². The summed E-state index contributed by atoms with van der Waals surface area (Å²) in [6.45, 7) is 4.71. The van der Waals surface area contributed by atoms with Gasteiger partial charge in [0.2, 0.25) is 0 Å². The summed E-state index contributed by atoms with van der Waals surface area (Å²) in [7, 11) is 0. The fourth-order valence-corrected chi connectivity index (χ4v) is 4.46. The molecule has 1 saturated heterocycles. The van der Waals surface area contributed by atoms with Gasteiger partial charge in [0, 0.05) is 48.0 Å². The summed E-state index contributed by atoms with van der Waals surface area (Å²) in [6, 6.07) is 8.31. The normalized spacial score (nSPS) is 15.7. The van der Waals surface area contributed by atoms with Gasteiger partial charge in [0.25, 0.3) is 5.91 Å². The minimum atomic E-state index is -4.59. The van der Waals surface area contributed by atoms with E-state index in [9.17, 15) is 18.0 Å². The van der Waals surface area contributed by atoms with Crippen molar-refractivity contribution in [2.45, 2.75) is 25.9 Å². The number of ether oxygens (including phenoxy) is 1. The van der Waals surface area contributed by atoms with Gasteiger partial charge in [-0.3, -0.25) is 14.7 Å². The average molecular weight is 540 g/mol. The predicted molar refractivity (Wildman–Crippen MR) is 141 cm³/mol. The first-order valence-electron chi connectivity index (χ1n) is 12.5. The quantitative estimate of drug-likeness (QED) is 0.389. The second-order valence-electron chi connectivity index (χ2n) is 9.37. The second-order valence-corrected chi connectivity index (χ2v) is 9.37. The van der Waals surface area contributed by atoms with Crippen LogP contribution in [0.2, 0.25) is 0 Å². The highest BCUT2D eigenvalue weighted by atomic mass is 19.4. The minimum absolute atomic E-state index is 0.000321. The lowest BCUT2D eigenvalue weighted by atomic mass is 10.1. The fourth-order valence-electron chi connectivity index (χ4n) is 4.46. The number of carbonyl (C=O) groups excluding carboxylic acids is 1. The molecule has 204 valence electrons. The molecule has 12 heteroatoms. The standard InChI is InChI=1S/C27H28F3N7O2/c1-18-4-5-19(10-25(18)37-16-24(34-35-37)20-14-31-17-32-15-20)26(38)33-22-11-21(27(28,29)30)12-23(13-22)39-9-8-36-6-2-3-7-36/h4-5,10-17,34-35H,2-3,6-9H2,1H3,(H,33,38). The molecule has 3 heterocycles. The highest BCUT2D eigenvalue weighted by Gasteiger charge is 2.32. The molecule has 2 aliphatic heterocycles. The van der Waals surface area contributed by atoms with E-state index in [1.165, 1.54) is 12.4 Å². The zero-order valence-electron chi connectivity index (χ0n) is 21.3. The number of hydrazine groups is 2. The van der Waals surface area contributed by atoms with Crippen LogP contribution in [0.3, 0.4) is 0 Å². The molecule has 3 N–H and O–H groups in total. The molecule has 5 rings (SSSR count). The van der Waals surface area contributed by atoms with Crippen molar-refractivity contribution in [3.63, 3.8) is 0 Å². The molecule has 0 atom stereocenters. The van der Waals surface area contributed by atoms with Crippen molar-refractivity contribution in [2.75, 3.05) is 36.6 Å². The van der Waals surface area contributed by atoms with E-state index in [0.717, 1.165) is 54.9 Å². The van der Waals surface area contributed by atoms with Crippen LogP contribution in [0.5, 0.6) is 5.75 Å². The number of alkyl halides is 3. The number of likely N-dealkylation sites (tertiary alicyclic amines) is 1. The second kappa shape index (κ2) is 11.3. The summed E-state index contributed by atoms with van der Waals surface area (Å²) in [5.41, 5.74) is 8.46. The van der Waals surface area contributed by atoms with Gasteiger partial charge < -0.3 is 15.5 Å². The van der Waals surface area contributed by atoms with Crippen LogP contribution in [0.15, 0.2) is 61.3 Å². The van der Waals surface area contributed by atoms with Gasteiger partial charge in [-0.2, -0.15) is 13.2 Å². The Balaban J connectivity index is 1.32. The first kappa shape index (κ1) is 26.4. The van der Waals surface area contributed by atoms with Gasteiger partial charge in [0.1, 0.15) is 18.7 Å². The Morgan fingerprint density at radius 3 is 2.62 bits per heavy atom. The number of anilines is 2. The molecule has 0 radical (unpaired) electrons. The summed E-state index contributed by atoms with van der Waals surface area (Å²) in [6.07, 6.45) is 4.19. The third-order valence-electron chi connectivity index (χ3n) is 6.54. The molecule has 3 aromatic rings. The molecular weight excluding hydrogens is 511 g/mol. The smallest absolute Gasteiger partial charge is 0.416 e. The lowest BCUT2D eigenvalue weighted by Gasteiger charge is -2.19. The van der Waals surface area contributed by atoms with Crippen LogP contribution >= 0.6 is 0 Å². The Bertz CT molecular complexity index is 1360. The highest BCUT2D eigenvalue weighted by molar-refractivity contribution is 6.05. The van der Waals surface area contributed by atoms with Crippen LogP contribution in [0.4, 0.5) is 24.5 Å². The van der Waals surface area contributed by atoms with Gasteiger partial charge in [-0.15, -0.1) is 5.53 Å². The maximum absolute atomic E-state index is 13.6. The van der Waals surface area contributed by atoms with Gasteiger partial charge in [-0.05, 0) is 62.7 Å². The molecule has 0 aliphatic carbocycles. The molecule has 0 spiro atoms. The van der Waals surface area contributed by atoms with Gasteiger partial charge >= 0.3 is 6.18 Å². The molecule has 0 saturated carbocycles. The SMILES string of the molecule is Cc1ccc(C(=O)Nc2cc(OCCN3CCCC3)cc(C(F)(F)F)c2)cc1N1C=C(c2cncnc2)NN1. The molecule has 0 bridgehead atoms. The fraction of sp³-hybridized carbons (Fsp3) is 0.296. The van der Waals surface area contributed by atoms with Crippen LogP contribution in [-0.4, -0.2) is 47.0 Å². The lowest BCUT2D eigenvalue weighted by molar-refractivity contribution is -0.137. The van der Waals surface area contributed by atoms with Crippen LogP contribution in [0, 0.1) is 6.92 Å². The van der Waals surface area contributed by atoms with Gasteiger partial charge in [-0.25, -0.2) is 9.97 Å². The Hall–Kier alpha value is -4.16. The minimum Gasteiger partial charge on any atom is -0.492 e. The van der Waals surface area contributed by atoms with Crippen LogP contribution in [-0.2, 0) is 6.18 Å². The molecule has 39 heavy (non-hydrogen) atoms. The van der Waals surface area contributed by atoms with Crippen molar-refractivity contribution >= 4 is 23.0 Å². The van der Waals surface area contributed by atoms with E-state index in [1.54, 1.807) is 41.8 Å². The van der Waals surface area contributed by atoms with E-state index in [1.807, 2.05) is 6.92 Å². The van der Waals surface area contributed by atoms with Crippen molar-refractivity contribution in [1.29, 1.82) is 0 Å². The van der Waals surface area contributed by atoms with Gasteiger partial charge in [0.05, 0.1) is 16.9 Å². The molecule has 1 fully saturated rings. The number of rotatable bonds is 8. The summed E-state index contributed by atoms with van der Waals surface area (Å²) < 4.78 is 46.4. The van der Waals surface area contributed by atoms with Crippen LogP contribution in [0.1, 0.15) is 39.9 Å². The number of nitrogens with zero attached hydrogens (tertiary/aromatic N) is 4. The molecule has 2 aromatic carbocycles. The van der Waals surface area contributed by atoms with E-state index in [4.69, 9.17) is 4.74 Å². The number of nitrogens with one attached hydrogen (secondary N) is 3. The molecule has 1 amide bonds. The zero-order valence-corrected chi connectivity index (χ0v) is 21.3. The summed E-state index contributed by atoms with van der Waals surface area (Å²) >= 11 is 0. The molecule has 1 aromatic heterocycles. The number of aromatic nitrogens is 2. The van der Waals surface area contributed by atoms with Crippen molar-refractivity contribution in [2.24, 2.45) is 0 Å². The van der Waals surface area contributed by atoms with E-state index in [0.29, 0.717) is 12.2 Å². The zero-order chi connectivity index (χ0) is 27.4. The highest BCUT2D eigenvalue weighted by Crippen LogP contribution is 2.34. The maximum Gasteiger partial charge on any atom is 0.416 e. The monoisotopic (exact) mass is 539 g/mol.